The zero-order valence-electron chi connectivity index (χ0n) is 15.0. The molecule has 0 saturated carbocycles. The standard InChI is InChI=1S/C21H18ClN3O3/c22-14-5-3-4-13(10-14)20-15-11-25(9-8-16(15)23-24-20)21(26)19-12-27-17-6-1-2-7-18(17)28-19/h1-7,10,19H,8-9,11-12H2,(H,23,24). The minimum atomic E-state index is -0.641. The summed E-state index contributed by atoms with van der Waals surface area (Å²) in [5.74, 6) is 1.21. The molecule has 1 N–H and O–H groups in total. The molecule has 1 atom stereocenters. The number of fused-ring (bicyclic) bond motifs is 2. The van der Waals surface area contributed by atoms with Crippen molar-refractivity contribution in [1.29, 1.82) is 0 Å². The van der Waals surface area contributed by atoms with Crippen LogP contribution in [0.2, 0.25) is 5.02 Å². The molecule has 28 heavy (non-hydrogen) atoms. The van der Waals surface area contributed by atoms with Crippen LogP contribution in [-0.2, 0) is 17.8 Å². The molecule has 3 heterocycles. The van der Waals surface area contributed by atoms with Crippen molar-refractivity contribution in [2.45, 2.75) is 19.1 Å². The lowest BCUT2D eigenvalue weighted by atomic mass is 10.0. The molecular formula is C21H18ClN3O3. The number of aromatic nitrogens is 2. The van der Waals surface area contributed by atoms with Crippen molar-refractivity contribution in [1.82, 2.24) is 15.1 Å². The van der Waals surface area contributed by atoms with Crippen LogP contribution in [0, 0.1) is 0 Å². The Bertz CT molecular complexity index is 1050. The van der Waals surface area contributed by atoms with Gasteiger partial charge in [-0.05, 0) is 24.3 Å². The molecule has 6 nitrogen and oxygen atoms in total. The van der Waals surface area contributed by atoms with Crippen LogP contribution in [-0.4, -0.2) is 40.3 Å². The minimum Gasteiger partial charge on any atom is -0.485 e. The second-order valence-corrected chi connectivity index (χ2v) is 7.35. The molecule has 1 unspecified atom stereocenters. The number of carbonyl (C=O) groups is 1. The number of benzene rings is 2. The molecule has 7 heteroatoms. The Balaban J connectivity index is 1.37. The molecule has 0 radical (unpaired) electrons. The van der Waals surface area contributed by atoms with Gasteiger partial charge in [-0.15, -0.1) is 0 Å². The van der Waals surface area contributed by atoms with Crippen LogP contribution in [0.4, 0.5) is 0 Å². The Hall–Kier alpha value is -2.99. The normalized spacial score (nSPS) is 17.9. The number of nitrogens with one attached hydrogen (secondary N) is 1. The second kappa shape index (κ2) is 6.87. The van der Waals surface area contributed by atoms with Gasteiger partial charge in [-0.3, -0.25) is 9.89 Å². The Morgan fingerprint density at radius 2 is 2.04 bits per heavy atom. The number of carbonyl (C=O) groups excluding carboxylic acids is 1. The van der Waals surface area contributed by atoms with E-state index in [4.69, 9.17) is 21.1 Å². The molecule has 0 aliphatic carbocycles. The highest BCUT2D eigenvalue weighted by molar-refractivity contribution is 6.30. The number of rotatable bonds is 2. The summed E-state index contributed by atoms with van der Waals surface area (Å²) in [6.45, 7) is 1.31. The fourth-order valence-corrected chi connectivity index (χ4v) is 3.89. The van der Waals surface area contributed by atoms with Crippen molar-refractivity contribution in [3.63, 3.8) is 0 Å². The lowest BCUT2D eigenvalue weighted by Gasteiger charge is -2.32. The molecule has 2 aliphatic rings. The maximum Gasteiger partial charge on any atom is 0.267 e. The number of aromatic amines is 1. The van der Waals surface area contributed by atoms with E-state index in [0.29, 0.717) is 29.6 Å². The van der Waals surface area contributed by atoms with Gasteiger partial charge in [0, 0.05) is 41.4 Å². The maximum atomic E-state index is 13.1. The summed E-state index contributed by atoms with van der Waals surface area (Å²) < 4.78 is 11.6. The Kier molecular flexibility index (Phi) is 4.20. The third kappa shape index (κ3) is 2.99. The summed E-state index contributed by atoms with van der Waals surface area (Å²) in [6, 6.07) is 15.0. The van der Waals surface area contributed by atoms with Crippen molar-refractivity contribution in [3.05, 3.63) is 64.8 Å². The fourth-order valence-electron chi connectivity index (χ4n) is 3.70. The first kappa shape index (κ1) is 17.1. The number of nitrogens with zero attached hydrogens (tertiary/aromatic N) is 2. The highest BCUT2D eigenvalue weighted by Crippen LogP contribution is 2.33. The van der Waals surface area contributed by atoms with E-state index in [1.165, 1.54) is 0 Å². The van der Waals surface area contributed by atoms with Crippen LogP contribution < -0.4 is 9.47 Å². The largest absolute Gasteiger partial charge is 0.485 e. The summed E-state index contributed by atoms with van der Waals surface area (Å²) in [5, 5.41) is 8.23. The molecule has 2 aliphatic heterocycles. The van der Waals surface area contributed by atoms with E-state index in [1.807, 2.05) is 53.4 Å². The second-order valence-electron chi connectivity index (χ2n) is 6.91. The average molecular weight is 396 g/mol. The smallest absolute Gasteiger partial charge is 0.267 e. The van der Waals surface area contributed by atoms with Gasteiger partial charge >= 0.3 is 0 Å². The SMILES string of the molecule is O=C(C1COc2ccccc2O1)N1CCc2[nH]nc(-c3cccc(Cl)c3)c2C1. The van der Waals surface area contributed by atoms with Crippen molar-refractivity contribution in [3.8, 4) is 22.8 Å². The fraction of sp³-hybridized carbons (Fsp3) is 0.238. The van der Waals surface area contributed by atoms with E-state index in [9.17, 15) is 4.79 Å². The summed E-state index contributed by atoms with van der Waals surface area (Å²) >= 11 is 6.13. The molecular weight excluding hydrogens is 378 g/mol. The van der Waals surface area contributed by atoms with Crippen LogP contribution in [0.15, 0.2) is 48.5 Å². The molecule has 0 bridgehead atoms. The minimum absolute atomic E-state index is 0.0709. The number of hydrogen-bond acceptors (Lipinski definition) is 4. The quantitative estimate of drug-likeness (QED) is 0.721. The Labute approximate surface area is 167 Å². The van der Waals surface area contributed by atoms with E-state index >= 15 is 0 Å². The number of hydrogen-bond donors (Lipinski definition) is 1. The topological polar surface area (TPSA) is 67.5 Å². The lowest BCUT2D eigenvalue weighted by molar-refractivity contribution is -0.142. The van der Waals surface area contributed by atoms with Gasteiger partial charge in [-0.2, -0.15) is 5.10 Å². The number of amides is 1. The predicted octanol–water partition coefficient (Wildman–Crippen LogP) is 3.45. The van der Waals surface area contributed by atoms with Gasteiger partial charge in [0.2, 0.25) is 6.10 Å². The summed E-state index contributed by atoms with van der Waals surface area (Å²) in [4.78, 5) is 14.9. The van der Waals surface area contributed by atoms with E-state index in [2.05, 4.69) is 10.2 Å². The highest BCUT2D eigenvalue weighted by atomic mass is 35.5. The molecule has 142 valence electrons. The summed E-state index contributed by atoms with van der Waals surface area (Å²) in [5.41, 5.74) is 3.86. The van der Waals surface area contributed by atoms with Gasteiger partial charge in [0.05, 0.1) is 5.69 Å². The van der Waals surface area contributed by atoms with Crippen LogP contribution in [0.3, 0.4) is 0 Å². The third-order valence-electron chi connectivity index (χ3n) is 5.13. The first-order valence-electron chi connectivity index (χ1n) is 9.18. The van der Waals surface area contributed by atoms with Gasteiger partial charge in [0.25, 0.3) is 5.91 Å². The van der Waals surface area contributed by atoms with Crippen molar-refractivity contribution < 1.29 is 14.3 Å². The molecule has 1 aromatic heterocycles. The van der Waals surface area contributed by atoms with Crippen LogP contribution >= 0.6 is 11.6 Å². The van der Waals surface area contributed by atoms with Gasteiger partial charge in [0.15, 0.2) is 11.5 Å². The van der Waals surface area contributed by atoms with Crippen LogP contribution in [0.1, 0.15) is 11.3 Å². The molecule has 3 aromatic rings. The first-order chi connectivity index (χ1) is 13.7. The van der Waals surface area contributed by atoms with Gasteiger partial charge in [-0.1, -0.05) is 35.9 Å². The van der Waals surface area contributed by atoms with Crippen LogP contribution in [0.5, 0.6) is 11.5 Å². The molecule has 0 spiro atoms. The van der Waals surface area contributed by atoms with Crippen molar-refractivity contribution in [2.24, 2.45) is 0 Å². The van der Waals surface area contributed by atoms with Gasteiger partial charge in [-0.25, -0.2) is 0 Å². The van der Waals surface area contributed by atoms with E-state index in [1.54, 1.807) is 0 Å². The highest BCUT2D eigenvalue weighted by Gasteiger charge is 2.34. The third-order valence-corrected chi connectivity index (χ3v) is 5.36. The lowest BCUT2D eigenvalue weighted by Crippen LogP contribution is -2.47. The zero-order chi connectivity index (χ0) is 19.1. The number of halogens is 1. The summed E-state index contributed by atoms with van der Waals surface area (Å²) in [7, 11) is 0. The maximum absolute atomic E-state index is 13.1. The van der Waals surface area contributed by atoms with E-state index < -0.39 is 6.10 Å². The van der Waals surface area contributed by atoms with Crippen molar-refractivity contribution in [2.75, 3.05) is 13.2 Å². The number of para-hydroxylation sites is 2. The molecule has 0 saturated heterocycles. The van der Waals surface area contributed by atoms with E-state index in [0.717, 1.165) is 28.9 Å². The Morgan fingerprint density at radius 3 is 2.89 bits per heavy atom. The molecule has 1 amide bonds. The van der Waals surface area contributed by atoms with E-state index in [-0.39, 0.29) is 12.5 Å². The monoisotopic (exact) mass is 395 g/mol. The summed E-state index contributed by atoms with van der Waals surface area (Å²) in [6.07, 6.45) is 0.0803. The van der Waals surface area contributed by atoms with Crippen LogP contribution in [0.25, 0.3) is 11.3 Å². The average Bonchev–Trinajstić information content (AvgIpc) is 3.16. The zero-order valence-corrected chi connectivity index (χ0v) is 15.8. The molecule has 0 fully saturated rings. The first-order valence-corrected chi connectivity index (χ1v) is 9.56. The van der Waals surface area contributed by atoms with Gasteiger partial charge in [0.1, 0.15) is 6.61 Å². The predicted molar refractivity (Wildman–Crippen MR) is 105 cm³/mol. The number of ether oxygens (including phenoxy) is 2. The number of H-pyrrole nitrogens is 1. The van der Waals surface area contributed by atoms with Crippen molar-refractivity contribution >= 4 is 17.5 Å². The molecule has 2 aromatic carbocycles. The van der Waals surface area contributed by atoms with Gasteiger partial charge < -0.3 is 14.4 Å². The molecule has 5 rings (SSSR count). The Morgan fingerprint density at radius 1 is 1.18 bits per heavy atom.